The lowest BCUT2D eigenvalue weighted by Gasteiger charge is -2.39. The summed E-state index contributed by atoms with van der Waals surface area (Å²) in [6, 6.07) is 15.1. The lowest BCUT2D eigenvalue weighted by molar-refractivity contribution is -0.00798. The van der Waals surface area contributed by atoms with E-state index in [9.17, 15) is 14.7 Å². The zero-order valence-corrected chi connectivity index (χ0v) is 19.4. The number of para-hydroxylation sites is 1. The summed E-state index contributed by atoms with van der Waals surface area (Å²) in [5.74, 6) is 0.105. The van der Waals surface area contributed by atoms with Crippen LogP contribution in [0.3, 0.4) is 0 Å². The molecule has 7 nitrogen and oxygen atoms in total. The Labute approximate surface area is 191 Å². The number of aromatic hydroxyl groups is 1. The maximum absolute atomic E-state index is 13.5. The van der Waals surface area contributed by atoms with E-state index in [4.69, 9.17) is 4.74 Å². The molecule has 3 heterocycles. The van der Waals surface area contributed by atoms with Gasteiger partial charge < -0.3 is 14.4 Å². The quantitative estimate of drug-likeness (QED) is 0.512. The van der Waals surface area contributed by atoms with E-state index in [1.807, 2.05) is 43.3 Å². The fourth-order valence-electron chi connectivity index (χ4n) is 4.93. The summed E-state index contributed by atoms with van der Waals surface area (Å²) in [7, 11) is 3.18. The van der Waals surface area contributed by atoms with Gasteiger partial charge in [-0.1, -0.05) is 48.0 Å². The summed E-state index contributed by atoms with van der Waals surface area (Å²) in [5, 5.41) is 11.1. The van der Waals surface area contributed by atoms with Crippen molar-refractivity contribution in [2.45, 2.75) is 32.4 Å². The minimum absolute atomic E-state index is 0.105. The molecule has 2 aromatic carbocycles. The molecule has 0 radical (unpaired) electrons. The van der Waals surface area contributed by atoms with Crippen LogP contribution in [-0.2, 0) is 24.4 Å². The summed E-state index contributed by atoms with van der Waals surface area (Å²) in [4.78, 5) is 26.5. The molecule has 1 atom stereocenters. The summed E-state index contributed by atoms with van der Waals surface area (Å²) in [6.07, 6.45) is -0.640. The van der Waals surface area contributed by atoms with Crippen molar-refractivity contribution in [2.75, 3.05) is 6.61 Å². The number of benzene rings is 2. The Bertz CT molecular complexity index is 1520. The summed E-state index contributed by atoms with van der Waals surface area (Å²) >= 11 is 0. The molecule has 1 N–H and O–H groups in total. The van der Waals surface area contributed by atoms with E-state index >= 15 is 0 Å². The number of hydrogen-bond donors (Lipinski definition) is 1. The van der Waals surface area contributed by atoms with E-state index in [1.54, 1.807) is 19.2 Å². The molecule has 0 saturated heterocycles. The normalized spacial score (nSPS) is 17.3. The van der Waals surface area contributed by atoms with E-state index in [1.165, 1.54) is 11.6 Å². The van der Waals surface area contributed by atoms with E-state index in [0.717, 1.165) is 21.4 Å². The standard InChI is InChI=1S/C26H27N3O4/c1-15-10-12-16(13-11-15)20-19-21(27(4)25(32)28(5)24(19)31)22-23(17-8-6-7-9-18(17)30)33-14-26(2,3)29(20)22/h6-13,23,30H,14H2,1-5H3/t23-/m1/s1. The van der Waals surface area contributed by atoms with Crippen LogP contribution in [0.15, 0.2) is 58.1 Å². The van der Waals surface area contributed by atoms with Gasteiger partial charge in [-0.25, -0.2) is 4.79 Å². The molecule has 0 bridgehead atoms. The first-order valence-corrected chi connectivity index (χ1v) is 10.9. The largest absolute Gasteiger partial charge is 0.508 e. The van der Waals surface area contributed by atoms with Crippen LogP contribution in [0.4, 0.5) is 0 Å². The minimum Gasteiger partial charge on any atom is -0.508 e. The van der Waals surface area contributed by atoms with Gasteiger partial charge >= 0.3 is 5.69 Å². The Balaban J connectivity index is 2.03. The summed E-state index contributed by atoms with van der Waals surface area (Å²) in [5.41, 5.74) is 3.31. The van der Waals surface area contributed by atoms with Crippen LogP contribution in [0.2, 0.25) is 0 Å². The Kier molecular flexibility index (Phi) is 4.65. The molecular weight excluding hydrogens is 418 g/mol. The maximum atomic E-state index is 13.5. The fourth-order valence-corrected chi connectivity index (χ4v) is 4.93. The van der Waals surface area contributed by atoms with E-state index in [-0.39, 0.29) is 11.3 Å². The highest BCUT2D eigenvalue weighted by atomic mass is 16.5. The number of aryl methyl sites for hydroxylation is 2. The van der Waals surface area contributed by atoms with Crippen LogP contribution in [-0.4, -0.2) is 25.4 Å². The van der Waals surface area contributed by atoms with Gasteiger partial charge in [-0.2, -0.15) is 0 Å². The second-order valence-corrected chi connectivity index (χ2v) is 9.43. The van der Waals surface area contributed by atoms with Crippen molar-refractivity contribution < 1.29 is 9.84 Å². The van der Waals surface area contributed by atoms with Crippen molar-refractivity contribution in [2.24, 2.45) is 14.1 Å². The number of phenols is 1. The molecule has 0 unspecified atom stereocenters. The number of rotatable bonds is 2. The van der Waals surface area contributed by atoms with Crippen LogP contribution in [0.1, 0.15) is 36.8 Å². The van der Waals surface area contributed by atoms with Crippen LogP contribution in [0, 0.1) is 6.92 Å². The Morgan fingerprint density at radius 3 is 2.33 bits per heavy atom. The average Bonchev–Trinajstić information content (AvgIpc) is 3.15. The van der Waals surface area contributed by atoms with Crippen molar-refractivity contribution in [1.82, 2.24) is 13.7 Å². The van der Waals surface area contributed by atoms with Gasteiger partial charge in [0, 0.05) is 19.7 Å². The second-order valence-electron chi connectivity index (χ2n) is 9.43. The van der Waals surface area contributed by atoms with Crippen molar-refractivity contribution >= 4 is 10.9 Å². The van der Waals surface area contributed by atoms with Gasteiger partial charge in [0.05, 0.1) is 34.4 Å². The molecule has 2 aromatic heterocycles. The number of hydrogen-bond acceptors (Lipinski definition) is 4. The van der Waals surface area contributed by atoms with Crippen molar-refractivity contribution in [3.8, 4) is 17.0 Å². The maximum Gasteiger partial charge on any atom is 0.331 e. The molecule has 1 aliphatic rings. The topological polar surface area (TPSA) is 78.4 Å². The third-order valence-electron chi connectivity index (χ3n) is 6.61. The summed E-state index contributed by atoms with van der Waals surface area (Å²) in [6.45, 7) is 6.49. The number of phenolic OH excluding ortho intramolecular Hbond substituents is 1. The fraction of sp³-hybridized carbons (Fsp3) is 0.308. The average molecular weight is 446 g/mol. The zero-order valence-electron chi connectivity index (χ0n) is 19.4. The van der Waals surface area contributed by atoms with Gasteiger partial charge in [0.25, 0.3) is 5.56 Å². The van der Waals surface area contributed by atoms with E-state index in [2.05, 4.69) is 18.4 Å². The van der Waals surface area contributed by atoms with Crippen LogP contribution >= 0.6 is 0 Å². The van der Waals surface area contributed by atoms with Gasteiger partial charge in [-0.15, -0.1) is 0 Å². The number of ether oxygens (including phenoxy) is 1. The Hall–Kier alpha value is -3.58. The molecule has 170 valence electrons. The molecule has 0 aliphatic carbocycles. The van der Waals surface area contributed by atoms with Crippen molar-refractivity contribution in [1.29, 1.82) is 0 Å². The third-order valence-corrected chi connectivity index (χ3v) is 6.61. The first-order chi connectivity index (χ1) is 15.6. The van der Waals surface area contributed by atoms with Gasteiger partial charge in [0.15, 0.2) is 0 Å². The highest BCUT2D eigenvalue weighted by Gasteiger charge is 2.41. The molecule has 0 fully saturated rings. The number of nitrogens with zero attached hydrogens (tertiary/aromatic N) is 3. The van der Waals surface area contributed by atoms with Gasteiger partial charge in [0.1, 0.15) is 11.9 Å². The van der Waals surface area contributed by atoms with E-state index in [0.29, 0.717) is 28.8 Å². The Morgan fingerprint density at radius 1 is 1.00 bits per heavy atom. The minimum atomic E-state index is -0.640. The molecule has 0 amide bonds. The molecule has 5 rings (SSSR count). The smallest absolute Gasteiger partial charge is 0.331 e. The molecule has 0 saturated carbocycles. The van der Waals surface area contributed by atoms with Gasteiger partial charge in [-0.05, 0) is 32.4 Å². The molecular formula is C26H27N3O4. The van der Waals surface area contributed by atoms with Crippen LogP contribution < -0.4 is 11.2 Å². The monoisotopic (exact) mass is 445 g/mol. The van der Waals surface area contributed by atoms with Crippen LogP contribution in [0.5, 0.6) is 5.75 Å². The van der Waals surface area contributed by atoms with Crippen molar-refractivity contribution in [3.05, 3.63) is 86.2 Å². The Morgan fingerprint density at radius 2 is 1.67 bits per heavy atom. The highest BCUT2D eigenvalue weighted by Crippen LogP contribution is 2.46. The molecule has 1 aliphatic heterocycles. The molecule has 7 heteroatoms. The van der Waals surface area contributed by atoms with Gasteiger partial charge in [-0.3, -0.25) is 13.9 Å². The lowest BCUT2D eigenvalue weighted by atomic mass is 9.97. The molecule has 4 aromatic rings. The van der Waals surface area contributed by atoms with E-state index < -0.39 is 17.3 Å². The number of fused-ring (bicyclic) bond motifs is 3. The van der Waals surface area contributed by atoms with Crippen LogP contribution in [0.25, 0.3) is 22.2 Å². The first-order valence-electron chi connectivity index (χ1n) is 10.9. The van der Waals surface area contributed by atoms with Gasteiger partial charge in [0.2, 0.25) is 0 Å². The lowest BCUT2D eigenvalue weighted by Crippen LogP contribution is -2.40. The van der Waals surface area contributed by atoms with Crippen molar-refractivity contribution in [3.63, 3.8) is 0 Å². The predicted octanol–water partition coefficient (Wildman–Crippen LogP) is 3.57. The zero-order chi connectivity index (χ0) is 23.7. The second kappa shape index (κ2) is 7.22. The summed E-state index contributed by atoms with van der Waals surface area (Å²) < 4.78 is 11.1. The number of aromatic nitrogens is 3. The first kappa shape index (κ1) is 21.3. The predicted molar refractivity (Wildman–Crippen MR) is 128 cm³/mol. The SMILES string of the molecule is Cc1ccc(-c2c3c(=O)n(C)c(=O)n(C)c3c3n2C(C)(C)CO[C@@H]3c2ccccc2O)cc1. The molecule has 33 heavy (non-hydrogen) atoms. The third kappa shape index (κ3) is 2.99. The molecule has 0 spiro atoms. The highest BCUT2D eigenvalue weighted by molar-refractivity contribution is 5.97.